The third-order valence-corrected chi connectivity index (χ3v) is 8.08. The topological polar surface area (TPSA) is 78.7 Å². The lowest BCUT2D eigenvalue weighted by Gasteiger charge is -2.07. The molecule has 0 fully saturated rings. The second-order valence-electron chi connectivity index (χ2n) is 8.30. The number of ketones is 1. The predicted molar refractivity (Wildman–Crippen MR) is 143 cm³/mol. The van der Waals surface area contributed by atoms with Crippen molar-refractivity contribution in [1.29, 1.82) is 5.26 Å². The van der Waals surface area contributed by atoms with Crippen molar-refractivity contribution in [2.45, 2.75) is 20.8 Å². The largest absolute Gasteiger partial charge is 0.358 e. The van der Waals surface area contributed by atoms with Crippen LogP contribution in [0.15, 0.2) is 64.8 Å². The highest BCUT2D eigenvalue weighted by atomic mass is 32.1. The molecule has 1 N–H and O–H groups in total. The van der Waals surface area contributed by atoms with Crippen molar-refractivity contribution >= 4 is 51.0 Å². The van der Waals surface area contributed by atoms with E-state index in [9.17, 15) is 14.9 Å². The summed E-state index contributed by atoms with van der Waals surface area (Å²) < 4.78 is 2.32. The molecule has 0 spiro atoms. The van der Waals surface area contributed by atoms with E-state index in [0.717, 1.165) is 26.9 Å². The molecule has 3 heterocycles. The van der Waals surface area contributed by atoms with Crippen molar-refractivity contribution < 1.29 is 4.79 Å². The number of carbonyl (C=O) groups excluding carboxylic acids is 1. The number of benzene rings is 2. The van der Waals surface area contributed by atoms with Gasteiger partial charge in [-0.2, -0.15) is 5.26 Å². The number of fused-ring (bicyclic) bond motifs is 1. The standard InChI is InChI=1S/C28H21N3O2S2/c1-16-8-4-7-11-22(16)31-27(33)24(14-23-17(2)12-13-34-23)35-28(31)20(15-29)26(32)25-18(3)30-21-10-6-5-9-19(21)25/h4-14,30H,1-3H3/b24-14-,28-20+. The minimum absolute atomic E-state index is 0.0502. The Labute approximate surface area is 209 Å². The molecule has 0 saturated heterocycles. The summed E-state index contributed by atoms with van der Waals surface area (Å²) >= 11 is 2.73. The molecule has 5 rings (SSSR count). The van der Waals surface area contributed by atoms with Crippen LogP contribution >= 0.6 is 22.7 Å². The highest BCUT2D eigenvalue weighted by Gasteiger charge is 2.23. The number of nitrogens with one attached hydrogen (secondary N) is 1. The van der Waals surface area contributed by atoms with Crippen LogP contribution in [0, 0.1) is 32.1 Å². The molecule has 0 radical (unpaired) electrons. The second kappa shape index (κ2) is 8.99. The minimum Gasteiger partial charge on any atom is -0.358 e. The Bertz CT molecular complexity index is 1840. The number of aryl methyl sites for hydroxylation is 3. The van der Waals surface area contributed by atoms with Gasteiger partial charge in [-0.15, -0.1) is 22.7 Å². The average molecular weight is 496 g/mol. The summed E-state index contributed by atoms with van der Waals surface area (Å²) in [5.74, 6) is -0.398. The number of para-hydroxylation sites is 2. The fourth-order valence-corrected chi connectivity index (χ4v) is 6.23. The number of thiophene rings is 1. The molecule has 0 bridgehead atoms. The Balaban J connectivity index is 1.88. The van der Waals surface area contributed by atoms with Gasteiger partial charge in [0.25, 0.3) is 5.56 Å². The van der Waals surface area contributed by atoms with Crippen molar-refractivity contribution in [3.8, 4) is 11.8 Å². The Kier molecular flexibility index (Phi) is 5.85. The van der Waals surface area contributed by atoms with Crippen molar-refractivity contribution in [1.82, 2.24) is 9.55 Å². The van der Waals surface area contributed by atoms with Gasteiger partial charge in [0.05, 0.1) is 15.8 Å². The number of Topliss-reactive ketones (excluding diaryl/α,β-unsaturated/α-hetero) is 1. The third kappa shape index (κ3) is 3.87. The van der Waals surface area contributed by atoms with Crippen LogP contribution in [0.1, 0.15) is 32.1 Å². The minimum atomic E-state index is -0.398. The SMILES string of the molecule is Cc1ccccc1-n1c(=O)/c(=C/c2sccc2C)s/c1=C(\C#N)C(=O)c1c(C)[nH]c2ccccc12. The summed E-state index contributed by atoms with van der Waals surface area (Å²) in [5.41, 5.74) is 4.27. The molecule has 172 valence electrons. The Hall–Kier alpha value is -3.99. The maximum absolute atomic E-state index is 13.8. The zero-order valence-corrected chi connectivity index (χ0v) is 21.0. The monoisotopic (exact) mass is 495 g/mol. The van der Waals surface area contributed by atoms with Crippen LogP contribution in [-0.2, 0) is 0 Å². The highest BCUT2D eigenvalue weighted by Crippen LogP contribution is 2.25. The summed E-state index contributed by atoms with van der Waals surface area (Å²) in [6.07, 6.45) is 1.85. The van der Waals surface area contributed by atoms with Crippen LogP contribution in [-0.4, -0.2) is 15.3 Å². The van der Waals surface area contributed by atoms with Crippen molar-refractivity contribution in [2.75, 3.05) is 0 Å². The molecule has 2 aromatic carbocycles. The molecule has 35 heavy (non-hydrogen) atoms. The number of H-pyrrole nitrogens is 1. The molecule has 3 aromatic heterocycles. The van der Waals surface area contributed by atoms with Gasteiger partial charge >= 0.3 is 0 Å². The molecular formula is C28H21N3O2S2. The molecule has 7 heteroatoms. The van der Waals surface area contributed by atoms with E-state index in [-0.39, 0.29) is 11.1 Å². The van der Waals surface area contributed by atoms with Gasteiger partial charge in [-0.25, -0.2) is 0 Å². The van der Waals surface area contributed by atoms with Crippen LogP contribution in [0.2, 0.25) is 0 Å². The Morgan fingerprint density at radius 2 is 1.77 bits per heavy atom. The quantitative estimate of drug-likeness (QED) is 0.366. The molecule has 0 aliphatic heterocycles. The lowest BCUT2D eigenvalue weighted by atomic mass is 10.0. The van der Waals surface area contributed by atoms with E-state index in [2.05, 4.69) is 11.1 Å². The molecule has 0 saturated carbocycles. The number of thiazole rings is 1. The number of nitriles is 1. The van der Waals surface area contributed by atoms with Gasteiger partial charge in [0.15, 0.2) is 0 Å². The molecular weight excluding hydrogens is 474 g/mol. The zero-order chi connectivity index (χ0) is 24.7. The first-order valence-electron chi connectivity index (χ1n) is 11.0. The molecule has 0 aliphatic carbocycles. The van der Waals surface area contributed by atoms with Crippen LogP contribution < -0.4 is 14.8 Å². The number of hydrogen-bond donors (Lipinski definition) is 1. The van der Waals surface area contributed by atoms with E-state index in [0.29, 0.717) is 26.1 Å². The molecule has 0 amide bonds. The van der Waals surface area contributed by atoms with E-state index in [4.69, 9.17) is 0 Å². The summed E-state index contributed by atoms with van der Waals surface area (Å²) in [6.45, 7) is 5.73. The van der Waals surface area contributed by atoms with E-state index in [1.165, 1.54) is 15.9 Å². The summed E-state index contributed by atoms with van der Waals surface area (Å²) in [5, 5.41) is 13.0. The number of aromatic amines is 1. The van der Waals surface area contributed by atoms with Crippen LogP contribution in [0.3, 0.4) is 0 Å². The van der Waals surface area contributed by atoms with Crippen LogP contribution in [0.5, 0.6) is 0 Å². The predicted octanol–water partition coefficient (Wildman–Crippen LogP) is 4.75. The lowest BCUT2D eigenvalue weighted by Crippen LogP contribution is -2.32. The number of rotatable bonds is 4. The van der Waals surface area contributed by atoms with Gasteiger partial charge in [-0.05, 0) is 61.6 Å². The number of carbonyl (C=O) groups is 1. The fraction of sp³-hybridized carbons (Fsp3) is 0.107. The number of nitrogens with zero attached hydrogens (tertiary/aromatic N) is 2. The van der Waals surface area contributed by atoms with Crippen molar-refractivity contribution in [3.63, 3.8) is 0 Å². The molecule has 5 nitrogen and oxygen atoms in total. The van der Waals surface area contributed by atoms with E-state index < -0.39 is 5.78 Å². The Morgan fingerprint density at radius 3 is 2.49 bits per heavy atom. The first-order chi connectivity index (χ1) is 16.9. The van der Waals surface area contributed by atoms with Gasteiger partial charge in [0, 0.05) is 21.5 Å². The summed E-state index contributed by atoms with van der Waals surface area (Å²) in [4.78, 5) is 31.7. The first-order valence-corrected chi connectivity index (χ1v) is 12.7. The fourth-order valence-electron chi connectivity index (χ4n) is 4.22. The third-order valence-electron chi connectivity index (χ3n) is 6.02. The second-order valence-corrected chi connectivity index (χ2v) is 10.3. The van der Waals surface area contributed by atoms with Gasteiger partial charge in [0.2, 0.25) is 5.78 Å². The maximum Gasteiger partial charge on any atom is 0.273 e. The number of aromatic nitrogens is 2. The van der Waals surface area contributed by atoms with Crippen LogP contribution in [0.25, 0.3) is 28.2 Å². The summed E-state index contributed by atoms with van der Waals surface area (Å²) in [6, 6.07) is 19.1. The van der Waals surface area contributed by atoms with Crippen molar-refractivity contribution in [3.05, 3.63) is 107 Å². The van der Waals surface area contributed by atoms with Gasteiger partial charge in [-0.1, -0.05) is 36.4 Å². The molecule has 0 atom stereocenters. The van der Waals surface area contributed by atoms with Crippen molar-refractivity contribution in [2.24, 2.45) is 0 Å². The summed E-state index contributed by atoms with van der Waals surface area (Å²) in [7, 11) is 0. The Morgan fingerprint density at radius 1 is 1.03 bits per heavy atom. The number of hydrogen-bond acceptors (Lipinski definition) is 5. The van der Waals surface area contributed by atoms with E-state index in [1.54, 1.807) is 11.3 Å². The van der Waals surface area contributed by atoms with Gasteiger partial charge < -0.3 is 4.98 Å². The van der Waals surface area contributed by atoms with Gasteiger partial charge in [0.1, 0.15) is 16.3 Å². The molecule has 0 unspecified atom stereocenters. The van der Waals surface area contributed by atoms with Gasteiger partial charge in [-0.3, -0.25) is 14.2 Å². The highest BCUT2D eigenvalue weighted by molar-refractivity contribution is 7.11. The molecule has 5 aromatic rings. The smallest absolute Gasteiger partial charge is 0.273 e. The van der Waals surface area contributed by atoms with E-state index >= 15 is 0 Å². The normalized spacial score (nSPS) is 12.7. The average Bonchev–Trinajstić information content (AvgIpc) is 3.50. The lowest BCUT2D eigenvalue weighted by molar-refractivity contribution is 0.105. The first kappa shape index (κ1) is 22.8. The molecule has 0 aliphatic rings. The van der Waals surface area contributed by atoms with Crippen LogP contribution in [0.4, 0.5) is 0 Å². The maximum atomic E-state index is 13.8. The zero-order valence-electron chi connectivity index (χ0n) is 19.4. The van der Waals surface area contributed by atoms with E-state index in [1.807, 2.05) is 86.8 Å².